The molecule has 1 amide bonds. The van der Waals surface area contributed by atoms with Gasteiger partial charge in [-0.1, -0.05) is 29.3 Å². The standard InChI is InChI=1S/C10H14BrF6NO/c1-2-6(3-4-11)5-18-8(19)7(9(12,13)14)10(15,16)17/h6-7H,2-5H2,1H3,(H,18,19). The first-order valence-corrected chi connectivity index (χ1v) is 6.63. The Balaban J connectivity index is 4.68. The van der Waals surface area contributed by atoms with E-state index in [1.807, 2.05) is 0 Å². The Morgan fingerprint density at radius 2 is 1.63 bits per heavy atom. The van der Waals surface area contributed by atoms with Crippen molar-refractivity contribution in [2.24, 2.45) is 11.8 Å². The van der Waals surface area contributed by atoms with Crippen LogP contribution in [0.25, 0.3) is 0 Å². The molecule has 1 N–H and O–H groups in total. The fourth-order valence-corrected chi connectivity index (χ4v) is 2.08. The largest absolute Gasteiger partial charge is 0.409 e. The molecule has 0 spiro atoms. The highest BCUT2D eigenvalue weighted by Crippen LogP contribution is 2.39. The zero-order chi connectivity index (χ0) is 15.3. The molecule has 0 aliphatic carbocycles. The fourth-order valence-electron chi connectivity index (χ4n) is 1.43. The molecule has 0 aromatic heterocycles. The minimum atomic E-state index is -5.64. The summed E-state index contributed by atoms with van der Waals surface area (Å²) in [6.45, 7) is 1.54. The molecule has 0 aliphatic heterocycles. The molecule has 19 heavy (non-hydrogen) atoms. The van der Waals surface area contributed by atoms with Crippen LogP contribution in [0.2, 0.25) is 0 Å². The number of halogens is 7. The van der Waals surface area contributed by atoms with Crippen LogP contribution in [0, 0.1) is 11.8 Å². The van der Waals surface area contributed by atoms with Gasteiger partial charge in [0.05, 0.1) is 0 Å². The van der Waals surface area contributed by atoms with Crippen molar-refractivity contribution in [2.45, 2.75) is 32.1 Å². The minimum Gasteiger partial charge on any atom is -0.355 e. The van der Waals surface area contributed by atoms with Crippen LogP contribution in [0.1, 0.15) is 19.8 Å². The molecule has 0 radical (unpaired) electrons. The van der Waals surface area contributed by atoms with Gasteiger partial charge in [-0.2, -0.15) is 26.3 Å². The topological polar surface area (TPSA) is 29.1 Å². The highest BCUT2D eigenvalue weighted by molar-refractivity contribution is 9.09. The second-order valence-corrected chi connectivity index (χ2v) is 4.81. The Bertz CT molecular complexity index is 277. The highest BCUT2D eigenvalue weighted by Gasteiger charge is 2.61. The summed E-state index contributed by atoms with van der Waals surface area (Å²) in [7, 11) is 0. The fraction of sp³-hybridized carbons (Fsp3) is 0.900. The van der Waals surface area contributed by atoms with Gasteiger partial charge < -0.3 is 5.32 Å². The summed E-state index contributed by atoms with van der Waals surface area (Å²) in [5.74, 6) is -6.18. The lowest BCUT2D eigenvalue weighted by molar-refractivity contribution is -0.274. The molecule has 9 heteroatoms. The molecule has 0 rings (SSSR count). The van der Waals surface area contributed by atoms with E-state index in [4.69, 9.17) is 0 Å². The molecule has 1 unspecified atom stereocenters. The lowest BCUT2D eigenvalue weighted by Crippen LogP contribution is -2.48. The molecular formula is C10H14BrF6NO. The van der Waals surface area contributed by atoms with Crippen molar-refractivity contribution in [2.75, 3.05) is 11.9 Å². The average molecular weight is 358 g/mol. The van der Waals surface area contributed by atoms with Crippen molar-refractivity contribution in [3.05, 3.63) is 0 Å². The number of carbonyl (C=O) groups is 1. The molecule has 2 nitrogen and oxygen atoms in total. The molecule has 0 aliphatic rings. The summed E-state index contributed by atoms with van der Waals surface area (Å²) in [6, 6.07) is 0. The lowest BCUT2D eigenvalue weighted by Gasteiger charge is -2.23. The van der Waals surface area contributed by atoms with Crippen molar-refractivity contribution in [1.82, 2.24) is 5.32 Å². The third-order valence-corrected chi connectivity index (χ3v) is 3.03. The molecule has 0 aromatic carbocycles. The van der Waals surface area contributed by atoms with Crippen LogP contribution in [-0.2, 0) is 4.79 Å². The van der Waals surface area contributed by atoms with E-state index in [-0.39, 0.29) is 12.5 Å². The van der Waals surface area contributed by atoms with Crippen LogP contribution in [0.15, 0.2) is 0 Å². The summed E-state index contributed by atoms with van der Waals surface area (Å²) in [4.78, 5) is 11.1. The van der Waals surface area contributed by atoms with E-state index in [9.17, 15) is 31.1 Å². The Morgan fingerprint density at radius 1 is 1.16 bits per heavy atom. The predicted molar refractivity (Wildman–Crippen MR) is 60.8 cm³/mol. The third kappa shape index (κ3) is 6.49. The van der Waals surface area contributed by atoms with Crippen LogP contribution in [0.5, 0.6) is 0 Å². The highest BCUT2D eigenvalue weighted by atomic mass is 79.9. The van der Waals surface area contributed by atoms with E-state index >= 15 is 0 Å². The van der Waals surface area contributed by atoms with E-state index in [1.54, 1.807) is 12.2 Å². The Kier molecular flexibility index (Phi) is 7.17. The van der Waals surface area contributed by atoms with Gasteiger partial charge in [-0.3, -0.25) is 4.79 Å². The van der Waals surface area contributed by atoms with Gasteiger partial charge in [0.1, 0.15) is 0 Å². The monoisotopic (exact) mass is 357 g/mol. The molecule has 0 heterocycles. The van der Waals surface area contributed by atoms with Gasteiger partial charge in [0.15, 0.2) is 0 Å². The quantitative estimate of drug-likeness (QED) is 0.570. The van der Waals surface area contributed by atoms with E-state index in [1.165, 1.54) is 0 Å². The normalized spacial score (nSPS) is 14.6. The summed E-state index contributed by atoms with van der Waals surface area (Å²) >= 11 is 3.12. The Hall–Kier alpha value is -0.470. The molecule has 0 aromatic rings. The van der Waals surface area contributed by atoms with Crippen LogP contribution in [0.3, 0.4) is 0 Å². The van der Waals surface area contributed by atoms with Gasteiger partial charge in [0, 0.05) is 11.9 Å². The summed E-state index contributed by atoms with van der Waals surface area (Å²) in [5.41, 5.74) is 0. The summed E-state index contributed by atoms with van der Waals surface area (Å²) in [5, 5.41) is 2.29. The maximum Gasteiger partial charge on any atom is 0.409 e. The van der Waals surface area contributed by atoms with E-state index in [0.717, 1.165) is 0 Å². The predicted octanol–water partition coefficient (Wildman–Crippen LogP) is 3.65. The number of nitrogens with one attached hydrogen (secondary N) is 1. The van der Waals surface area contributed by atoms with E-state index < -0.39 is 24.2 Å². The van der Waals surface area contributed by atoms with Crippen molar-refractivity contribution in [3.63, 3.8) is 0 Å². The number of hydrogen-bond acceptors (Lipinski definition) is 1. The SMILES string of the molecule is CCC(CCBr)CNC(=O)C(C(F)(F)F)C(F)(F)F. The molecule has 0 fully saturated rings. The number of amides is 1. The molecule has 114 valence electrons. The first kappa shape index (κ1) is 18.5. The van der Waals surface area contributed by atoms with Gasteiger partial charge in [0.25, 0.3) is 0 Å². The minimum absolute atomic E-state index is 0.162. The summed E-state index contributed by atoms with van der Waals surface area (Å²) in [6.07, 6.45) is -10.2. The van der Waals surface area contributed by atoms with Crippen molar-refractivity contribution >= 4 is 21.8 Å². The van der Waals surface area contributed by atoms with Crippen molar-refractivity contribution in [1.29, 1.82) is 0 Å². The average Bonchev–Trinajstić information content (AvgIpc) is 2.19. The number of rotatable bonds is 6. The number of alkyl halides is 7. The summed E-state index contributed by atoms with van der Waals surface area (Å²) < 4.78 is 73.4. The maximum atomic E-state index is 12.2. The second kappa shape index (κ2) is 7.35. The van der Waals surface area contributed by atoms with Gasteiger partial charge in [-0.15, -0.1) is 0 Å². The van der Waals surface area contributed by atoms with Crippen molar-refractivity contribution in [3.8, 4) is 0 Å². The van der Waals surface area contributed by atoms with Crippen LogP contribution in [0.4, 0.5) is 26.3 Å². The maximum absolute atomic E-state index is 12.2. The molecule has 0 bridgehead atoms. The van der Waals surface area contributed by atoms with Crippen LogP contribution >= 0.6 is 15.9 Å². The zero-order valence-corrected chi connectivity index (χ0v) is 11.6. The number of carbonyl (C=O) groups excluding carboxylic acids is 1. The third-order valence-electron chi connectivity index (χ3n) is 2.58. The Morgan fingerprint density at radius 3 is 1.95 bits per heavy atom. The van der Waals surface area contributed by atoms with Gasteiger partial charge in [0.2, 0.25) is 11.8 Å². The molecular weight excluding hydrogens is 344 g/mol. The van der Waals surface area contributed by atoms with Gasteiger partial charge in [-0.05, 0) is 12.3 Å². The van der Waals surface area contributed by atoms with Crippen LogP contribution in [-0.4, -0.2) is 30.1 Å². The molecule has 0 saturated heterocycles. The second-order valence-electron chi connectivity index (χ2n) is 4.01. The zero-order valence-electron chi connectivity index (χ0n) is 10.0. The van der Waals surface area contributed by atoms with Gasteiger partial charge >= 0.3 is 12.4 Å². The van der Waals surface area contributed by atoms with Crippen molar-refractivity contribution < 1.29 is 31.1 Å². The molecule has 1 atom stereocenters. The first-order chi connectivity index (χ1) is 8.54. The smallest absolute Gasteiger partial charge is 0.355 e. The van der Waals surface area contributed by atoms with Crippen LogP contribution < -0.4 is 5.32 Å². The van der Waals surface area contributed by atoms with E-state index in [0.29, 0.717) is 18.2 Å². The van der Waals surface area contributed by atoms with Gasteiger partial charge in [-0.25, -0.2) is 0 Å². The number of hydrogen-bond donors (Lipinski definition) is 1. The first-order valence-electron chi connectivity index (χ1n) is 5.51. The molecule has 0 saturated carbocycles. The van der Waals surface area contributed by atoms with E-state index in [2.05, 4.69) is 15.9 Å². The lowest BCUT2D eigenvalue weighted by atomic mass is 10.0. The Labute approximate surface area is 115 Å².